The van der Waals surface area contributed by atoms with Crippen LogP contribution in [0.15, 0.2) is 42.5 Å². The number of carbonyl (C=O) groups is 1. The van der Waals surface area contributed by atoms with Gasteiger partial charge in [-0.2, -0.15) is 0 Å². The Hall–Kier alpha value is -1.87. The van der Waals surface area contributed by atoms with Crippen molar-refractivity contribution >= 4 is 16.7 Å². The molecule has 0 bridgehead atoms. The topological polar surface area (TPSA) is 40.5 Å². The minimum atomic E-state index is 0.0962. The van der Waals surface area contributed by atoms with Crippen LogP contribution in [0.4, 0.5) is 0 Å². The van der Waals surface area contributed by atoms with E-state index in [-0.39, 0.29) is 18.6 Å². The summed E-state index contributed by atoms with van der Waals surface area (Å²) in [6.45, 7) is 0.947. The zero-order valence-electron chi connectivity index (χ0n) is 12.2. The molecule has 0 spiro atoms. The Morgan fingerprint density at radius 3 is 2.76 bits per heavy atom. The molecule has 2 aromatic rings. The van der Waals surface area contributed by atoms with Crippen LogP contribution >= 0.6 is 0 Å². The van der Waals surface area contributed by atoms with Gasteiger partial charge in [0, 0.05) is 24.8 Å². The first kappa shape index (κ1) is 14.1. The van der Waals surface area contributed by atoms with Crippen molar-refractivity contribution in [3.63, 3.8) is 0 Å². The molecule has 1 amide bonds. The number of carbonyl (C=O) groups excluding carboxylic acids is 1. The standard InChI is InChI=1S/C18H21NO2/c20-12-10-17-7-3-4-11-19(17)18(21)16-9-8-14-5-1-2-6-15(14)13-16/h1-2,5-6,8-9,13,17,20H,3-4,7,10-12H2. The summed E-state index contributed by atoms with van der Waals surface area (Å²) in [6, 6.07) is 14.2. The van der Waals surface area contributed by atoms with Crippen molar-refractivity contribution in [2.24, 2.45) is 0 Å². The molecule has 1 unspecified atom stereocenters. The van der Waals surface area contributed by atoms with E-state index in [4.69, 9.17) is 0 Å². The highest BCUT2D eigenvalue weighted by atomic mass is 16.3. The molecular formula is C18H21NO2. The van der Waals surface area contributed by atoms with E-state index in [0.717, 1.165) is 42.1 Å². The lowest BCUT2D eigenvalue weighted by molar-refractivity contribution is 0.0575. The van der Waals surface area contributed by atoms with E-state index in [9.17, 15) is 9.90 Å². The fourth-order valence-corrected chi connectivity index (χ4v) is 3.21. The Morgan fingerprint density at radius 2 is 1.95 bits per heavy atom. The van der Waals surface area contributed by atoms with Crippen LogP contribution in [-0.2, 0) is 0 Å². The average Bonchev–Trinajstić information content (AvgIpc) is 2.54. The third kappa shape index (κ3) is 2.93. The van der Waals surface area contributed by atoms with E-state index in [2.05, 4.69) is 6.07 Å². The molecule has 2 aromatic carbocycles. The van der Waals surface area contributed by atoms with Gasteiger partial charge in [0.15, 0.2) is 0 Å². The summed E-state index contributed by atoms with van der Waals surface area (Å²) in [5.41, 5.74) is 0.749. The molecule has 0 saturated carbocycles. The Bertz CT molecular complexity index is 636. The molecule has 21 heavy (non-hydrogen) atoms. The van der Waals surface area contributed by atoms with Crippen molar-refractivity contribution in [1.29, 1.82) is 0 Å². The minimum Gasteiger partial charge on any atom is -0.396 e. The van der Waals surface area contributed by atoms with Gasteiger partial charge in [-0.15, -0.1) is 0 Å². The fourth-order valence-electron chi connectivity index (χ4n) is 3.21. The zero-order chi connectivity index (χ0) is 14.7. The van der Waals surface area contributed by atoms with Crippen molar-refractivity contribution in [1.82, 2.24) is 4.90 Å². The Labute approximate surface area is 125 Å². The summed E-state index contributed by atoms with van der Waals surface area (Å²) in [5, 5.41) is 11.4. The van der Waals surface area contributed by atoms with Crippen LogP contribution in [0, 0.1) is 0 Å². The first-order valence-corrected chi connectivity index (χ1v) is 7.70. The van der Waals surface area contributed by atoms with Gasteiger partial charge in [-0.1, -0.05) is 30.3 Å². The largest absolute Gasteiger partial charge is 0.396 e. The molecule has 3 nitrogen and oxygen atoms in total. The first-order valence-electron chi connectivity index (χ1n) is 7.70. The molecule has 1 aliphatic rings. The van der Waals surface area contributed by atoms with Crippen molar-refractivity contribution in [3.05, 3.63) is 48.0 Å². The predicted molar refractivity (Wildman–Crippen MR) is 84.3 cm³/mol. The second kappa shape index (κ2) is 6.27. The van der Waals surface area contributed by atoms with Crippen molar-refractivity contribution < 1.29 is 9.90 Å². The third-order valence-electron chi connectivity index (χ3n) is 4.35. The van der Waals surface area contributed by atoms with Crippen LogP contribution in [0.5, 0.6) is 0 Å². The quantitative estimate of drug-likeness (QED) is 0.939. The number of rotatable bonds is 3. The van der Waals surface area contributed by atoms with E-state index >= 15 is 0 Å². The van der Waals surface area contributed by atoms with E-state index in [1.54, 1.807) is 0 Å². The summed E-state index contributed by atoms with van der Waals surface area (Å²) in [6.07, 6.45) is 3.88. The van der Waals surface area contributed by atoms with Gasteiger partial charge >= 0.3 is 0 Å². The number of hydrogen-bond donors (Lipinski definition) is 1. The Kier molecular flexibility index (Phi) is 4.20. The molecule has 3 heteroatoms. The Morgan fingerprint density at radius 1 is 1.14 bits per heavy atom. The van der Waals surface area contributed by atoms with Gasteiger partial charge < -0.3 is 10.0 Å². The van der Waals surface area contributed by atoms with Gasteiger partial charge in [0.1, 0.15) is 0 Å². The SMILES string of the molecule is O=C(c1ccc2ccccc2c1)N1CCCCC1CCO. The molecule has 1 atom stereocenters. The summed E-state index contributed by atoms with van der Waals surface area (Å²) in [7, 11) is 0. The first-order chi connectivity index (χ1) is 10.3. The van der Waals surface area contributed by atoms with Crippen LogP contribution in [0.25, 0.3) is 10.8 Å². The van der Waals surface area contributed by atoms with Crippen LogP contribution in [-0.4, -0.2) is 35.1 Å². The highest BCUT2D eigenvalue weighted by Crippen LogP contribution is 2.23. The minimum absolute atomic E-state index is 0.0962. The molecule has 1 heterocycles. The molecule has 0 aliphatic carbocycles. The third-order valence-corrected chi connectivity index (χ3v) is 4.35. The number of amides is 1. The lowest BCUT2D eigenvalue weighted by Gasteiger charge is -2.35. The van der Waals surface area contributed by atoms with E-state index in [1.165, 1.54) is 0 Å². The molecule has 1 aliphatic heterocycles. The molecule has 0 radical (unpaired) electrons. The monoisotopic (exact) mass is 283 g/mol. The number of hydrogen-bond acceptors (Lipinski definition) is 2. The highest BCUT2D eigenvalue weighted by Gasteiger charge is 2.26. The van der Waals surface area contributed by atoms with Crippen LogP contribution < -0.4 is 0 Å². The molecule has 0 aromatic heterocycles. The van der Waals surface area contributed by atoms with Gasteiger partial charge in [-0.05, 0) is 48.6 Å². The van der Waals surface area contributed by atoms with Crippen LogP contribution in [0.1, 0.15) is 36.0 Å². The number of benzene rings is 2. The van der Waals surface area contributed by atoms with E-state index in [1.807, 2.05) is 41.3 Å². The van der Waals surface area contributed by atoms with Crippen molar-refractivity contribution in [2.75, 3.05) is 13.2 Å². The lowest BCUT2D eigenvalue weighted by Crippen LogP contribution is -2.44. The highest BCUT2D eigenvalue weighted by molar-refractivity contribution is 5.98. The van der Waals surface area contributed by atoms with Crippen LogP contribution in [0.3, 0.4) is 0 Å². The van der Waals surface area contributed by atoms with Gasteiger partial charge in [0.25, 0.3) is 5.91 Å². The summed E-state index contributed by atoms with van der Waals surface area (Å²) in [5.74, 6) is 0.0962. The normalized spacial score (nSPS) is 18.9. The summed E-state index contributed by atoms with van der Waals surface area (Å²) >= 11 is 0. The maximum Gasteiger partial charge on any atom is 0.254 e. The van der Waals surface area contributed by atoms with Gasteiger partial charge in [0.2, 0.25) is 0 Å². The number of fused-ring (bicyclic) bond motifs is 1. The number of aliphatic hydroxyl groups is 1. The van der Waals surface area contributed by atoms with Crippen molar-refractivity contribution in [2.45, 2.75) is 31.7 Å². The maximum absolute atomic E-state index is 12.8. The fraction of sp³-hybridized carbons (Fsp3) is 0.389. The van der Waals surface area contributed by atoms with Crippen molar-refractivity contribution in [3.8, 4) is 0 Å². The number of piperidine rings is 1. The lowest BCUT2D eigenvalue weighted by atomic mass is 9.98. The van der Waals surface area contributed by atoms with Gasteiger partial charge in [-0.3, -0.25) is 4.79 Å². The molecule has 110 valence electrons. The number of aliphatic hydroxyl groups excluding tert-OH is 1. The van der Waals surface area contributed by atoms with Crippen LogP contribution in [0.2, 0.25) is 0 Å². The van der Waals surface area contributed by atoms with Gasteiger partial charge in [-0.25, -0.2) is 0 Å². The predicted octanol–water partition coefficient (Wildman–Crippen LogP) is 3.22. The molecule has 1 N–H and O–H groups in total. The molecule has 3 rings (SSSR count). The Balaban J connectivity index is 1.87. The summed E-state index contributed by atoms with van der Waals surface area (Å²) in [4.78, 5) is 14.7. The second-order valence-electron chi connectivity index (χ2n) is 5.72. The average molecular weight is 283 g/mol. The molecular weight excluding hydrogens is 262 g/mol. The maximum atomic E-state index is 12.8. The van der Waals surface area contributed by atoms with Gasteiger partial charge in [0.05, 0.1) is 0 Å². The number of nitrogens with zero attached hydrogens (tertiary/aromatic N) is 1. The second-order valence-corrected chi connectivity index (χ2v) is 5.72. The molecule has 1 saturated heterocycles. The summed E-state index contributed by atoms with van der Waals surface area (Å²) < 4.78 is 0. The smallest absolute Gasteiger partial charge is 0.254 e. The zero-order valence-corrected chi connectivity index (χ0v) is 12.2. The van der Waals surface area contributed by atoms with E-state index in [0.29, 0.717) is 6.42 Å². The van der Waals surface area contributed by atoms with E-state index < -0.39 is 0 Å². The molecule has 1 fully saturated rings. The number of likely N-dealkylation sites (tertiary alicyclic amines) is 1.